The normalized spacial score (nSPS) is 12.9. The Morgan fingerprint density at radius 2 is 0.816 bits per heavy atom. The smallest absolute Gasteiger partial charge is 0.0482 e. The van der Waals surface area contributed by atoms with Crippen LogP contribution in [-0.2, 0) is 5.41 Å². The molecule has 1 aliphatic carbocycles. The minimum atomic E-state index is -0.113. The molecule has 0 fully saturated rings. The second-order valence-electron chi connectivity index (χ2n) is 13.5. The predicted octanol–water partition coefficient (Wildman–Crippen LogP) is 13.2. The Kier molecular flexibility index (Phi) is 6.84. The number of benzene rings is 8. The van der Waals surface area contributed by atoms with Gasteiger partial charge in [0, 0.05) is 39.5 Å². The van der Waals surface area contributed by atoms with E-state index in [9.17, 15) is 0 Å². The van der Waals surface area contributed by atoms with Crippen LogP contribution >= 0.6 is 0 Å². The van der Waals surface area contributed by atoms with Gasteiger partial charge in [-0.3, -0.25) is 0 Å². The number of anilines is 6. The molecule has 2 heteroatoms. The molecule has 0 bridgehead atoms. The monoisotopic (exact) mass is 628 g/mol. The van der Waals surface area contributed by atoms with Gasteiger partial charge in [0.1, 0.15) is 0 Å². The number of hydrogen-bond acceptors (Lipinski definition) is 2. The molecule has 0 aromatic heterocycles. The molecule has 0 radical (unpaired) electrons. The van der Waals surface area contributed by atoms with Gasteiger partial charge in [-0.2, -0.15) is 0 Å². The topological polar surface area (TPSA) is 6.48 Å². The molecule has 0 unspecified atom stereocenters. The zero-order valence-electron chi connectivity index (χ0n) is 27.7. The van der Waals surface area contributed by atoms with Crippen LogP contribution < -0.4 is 9.80 Å². The Bertz CT molecular complexity index is 2430. The summed E-state index contributed by atoms with van der Waals surface area (Å²) in [5.41, 5.74) is 12.0. The molecular weight excluding hydrogens is 593 g/mol. The van der Waals surface area contributed by atoms with Gasteiger partial charge < -0.3 is 9.80 Å². The van der Waals surface area contributed by atoms with E-state index >= 15 is 0 Å². The van der Waals surface area contributed by atoms with Crippen molar-refractivity contribution in [1.82, 2.24) is 0 Å². The molecule has 0 spiro atoms. The van der Waals surface area contributed by atoms with Gasteiger partial charge in [-0.15, -0.1) is 0 Å². The Morgan fingerprint density at radius 1 is 0.327 bits per heavy atom. The lowest BCUT2D eigenvalue weighted by atomic mass is 9.81. The standard InChI is InChI=1S/C47H36N2/c1-47(2)45-28-27-40(31-44(45)43-29-34-26-25-33-15-12-13-24-41(33)42(34)32-46(43)47)49(37-20-10-5-11-21-37)39-23-14-22-38(30-39)48(35-16-6-3-7-17-35)36-18-8-4-9-19-36/h3-32H,1-2H3. The third kappa shape index (κ3) is 4.88. The van der Waals surface area contributed by atoms with Crippen molar-refractivity contribution >= 4 is 55.7 Å². The van der Waals surface area contributed by atoms with E-state index in [1.807, 2.05) is 0 Å². The van der Waals surface area contributed by atoms with Crippen molar-refractivity contribution in [3.8, 4) is 11.1 Å². The summed E-state index contributed by atoms with van der Waals surface area (Å²) in [6, 6.07) is 66.0. The van der Waals surface area contributed by atoms with E-state index in [2.05, 4.69) is 206 Å². The summed E-state index contributed by atoms with van der Waals surface area (Å²) in [7, 11) is 0. The van der Waals surface area contributed by atoms with Crippen LogP contribution in [0.3, 0.4) is 0 Å². The van der Waals surface area contributed by atoms with Gasteiger partial charge in [0.15, 0.2) is 0 Å². The van der Waals surface area contributed by atoms with Crippen LogP contribution in [-0.4, -0.2) is 0 Å². The van der Waals surface area contributed by atoms with E-state index in [-0.39, 0.29) is 5.41 Å². The van der Waals surface area contributed by atoms with Crippen molar-refractivity contribution in [3.05, 3.63) is 193 Å². The van der Waals surface area contributed by atoms with Crippen LogP contribution in [0.25, 0.3) is 32.7 Å². The average molecular weight is 629 g/mol. The molecule has 0 aliphatic heterocycles. The van der Waals surface area contributed by atoms with E-state index in [4.69, 9.17) is 0 Å². The maximum atomic E-state index is 2.45. The van der Waals surface area contributed by atoms with Gasteiger partial charge in [0.2, 0.25) is 0 Å². The molecule has 1 aliphatic rings. The van der Waals surface area contributed by atoms with Gasteiger partial charge in [-0.1, -0.05) is 117 Å². The first-order valence-electron chi connectivity index (χ1n) is 17.0. The van der Waals surface area contributed by atoms with Gasteiger partial charge in [0.05, 0.1) is 0 Å². The highest BCUT2D eigenvalue weighted by atomic mass is 15.2. The van der Waals surface area contributed by atoms with E-state index < -0.39 is 0 Å². The molecule has 234 valence electrons. The molecule has 2 nitrogen and oxygen atoms in total. The summed E-state index contributed by atoms with van der Waals surface area (Å²) in [6.07, 6.45) is 0. The van der Waals surface area contributed by atoms with E-state index in [1.54, 1.807) is 0 Å². The predicted molar refractivity (Wildman–Crippen MR) is 208 cm³/mol. The van der Waals surface area contributed by atoms with Crippen molar-refractivity contribution < 1.29 is 0 Å². The minimum Gasteiger partial charge on any atom is -0.310 e. The number of para-hydroxylation sites is 3. The van der Waals surface area contributed by atoms with Crippen LogP contribution in [0, 0.1) is 0 Å². The Morgan fingerprint density at radius 3 is 1.45 bits per heavy atom. The highest BCUT2D eigenvalue weighted by molar-refractivity contribution is 6.10. The number of hydrogen-bond donors (Lipinski definition) is 0. The molecule has 8 aromatic rings. The lowest BCUT2D eigenvalue weighted by Crippen LogP contribution is -2.15. The number of nitrogens with zero attached hydrogens (tertiary/aromatic N) is 2. The molecule has 0 saturated carbocycles. The van der Waals surface area contributed by atoms with Crippen LogP contribution in [0.15, 0.2) is 182 Å². The fourth-order valence-electron chi connectivity index (χ4n) is 7.78. The van der Waals surface area contributed by atoms with Crippen LogP contribution in [0.5, 0.6) is 0 Å². The quantitative estimate of drug-likeness (QED) is 0.169. The molecule has 0 saturated heterocycles. The molecule has 0 amide bonds. The van der Waals surface area contributed by atoms with Crippen molar-refractivity contribution in [2.75, 3.05) is 9.80 Å². The van der Waals surface area contributed by atoms with Gasteiger partial charge in [0.25, 0.3) is 0 Å². The molecule has 0 N–H and O–H groups in total. The molecule has 8 aromatic carbocycles. The first-order chi connectivity index (χ1) is 24.1. The SMILES string of the molecule is CC1(C)c2ccc(N(c3ccccc3)c3cccc(N(c4ccccc4)c4ccccc4)c3)cc2-c2cc3ccc4ccccc4c3cc21. The summed E-state index contributed by atoms with van der Waals surface area (Å²) in [5, 5.41) is 5.19. The maximum absolute atomic E-state index is 2.45. The zero-order valence-corrected chi connectivity index (χ0v) is 27.7. The summed E-state index contributed by atoms with van der Waals surface area (Å²) < 4.78 is 0. The van der Waals surface area contributed by atoms with Crippen LogP contribution in [0.2, 0.25) is 0 Å². The highest BCUT2D eigenvalue weighted by Gasteiger charge is 2.36. The molecule has 0 heterocycles. The highest BCUT2D eigenvalue weighted by Crippen LogP contribution is 2.52. The summed E-state index contributed by atoms with van der Waals surface area (Å²) in [6.45, 7) is 4.74. The first kappa shape index (κ1) is 29.1. The van der Waals surface area contributed by atoms with Crippen molar-refractivity contribution in [2.24, 2.45) is 0 Å². The van der Waals surface area contributed by atoms with Gasteiger partial charge >= 0.3 is 0 Å². The Hall–Kier alpha value is -6.12. The average Bonchev–Trinajstić information content (AvgIpc) is 3.37. The number of rotatable bonds is 6. The van der Waals surface area contributed by atoms with Crippen molar-refractivity contribution in [2.45, 2.75) is 19.3 Å². The fraction of sp³-hybridized carbons (Fsp3) is 0.0638. The molecule has 49 heavy (non-hydrogen) atoms. The maximum Gasteiger partial charge on any atom is 0.0482 e. The third-order valence-corrected chi connectivity index (χ3v) is 10.2. The Balaban J connectivity index is 1.21. The Labute approximate surface area is 288 Å². The van der Waals surface area contributed by atoms with E-state index in [0.717, 1.165) is 34.1 Å². The molecule has 9 rings (SSSR count). The fourth-order valence-corrected chi connectivity index (χ4v) is 7.78. The van der Waals surface area contributed by atoms with E-state index in [0.29, 0.717) is 0 Å². The lowest BCUT2D eigenvalue weighted by molar-refractivity contribution is 0.661. The first-order valence-corrected chi connectivity index (χ1v) is 17.0. The third-order valence-electron chi connectivity index (χ3n) is 10.2. The molecular formula is C47H36N2. The summed E-state index contributed by atoms with van der Waals surface area (Å²) in [4.78, 5) is 4.71. The van der Waals surface area contributed by atoms with Crippen LogP contribution in [0.1, 0.15) is 25.0 Å². The summed E-state index contributed by atoms with van der Waals surface area (Å²) >= 11 is 0. The minimum absolute atomic E-state index is 0.113. The second kappa shape index (κ2) is 11.5. The number of fused-ring (bicyclic) bond motifs is 6. The lowest BCUT2D eigenvalue weighted by Gasteiger charge is -2.30. The van der Waals surface area contributed by atoms with Crippen molar-refractivity contribution in [3.63, 3.8) is 0 Å². The van der Waals surface area contributed by atoms with Crippen LogP contribution in [0.4, 0.5) is 34.1 Å². The second-order valence-corrected chi connectivity index (χ2v) is 13.5. The largest absolute Gasteiger partial charge is 0.310 e. The zero-order chi connectivity index (χ0) is 33.0. The summed E-state index contributed by atoms with van der Waals surface area (Å²) in [5.74, 6) is 0. The van der Waals surface area contributed by atoms with Gasteiger partial charge in [-0.05, 0) is 123 Å². The molecule has 0 atom stereocenters. The van der Waals surface area contributed by atoms with E-state index in [1.165, 1.54) is 43.8 Å². The van der Waals surface area contributed by atoms with Crippen molar-refractivity contribution in [1.29, 1.82) is 0 Å². The van der Waals surface area contributed by atoms with Gasteiger partial charge in [-0.25, -0.2) is 0 Å².